The number of carbonyl (C=O) groups is 1. The fraction of sp³-hybridized carbons (Fsp3) is 0.158. The molecule has 2 aromatic heterocycles. The van der Waals surface area contributed by atoms with Gasteiger partial charge in [0.2, 0.25) is 0 Å². The summed E-state index contributed by atoms with van der Waals surface area (Å²) in [6.07, 6.45) is 3.92. The summed E-state index contributed by atoms with van der Waals surface area (Å²) in [4.78, 5) is 17.8. The van der Waals surface area contributed by atoms with E-state index < -0.39 is 15.8 Å². The Balaban J connectivity index is 2.08. The van der Waals surface area contributed by atoms with Crippen LogP contribution in [-0.4, -0.2) is 49.5 Å². The van der Waals surface area contributed by atoms with E-state index in [1.54, 1.807) is 35.2 Å². The van der Waals surface area contributed by atoms with Crippen LogP contribution in [0.15, 0.2) is 53.7 Å². The minimum atomic E-state index is -3.36. The summed E-state index contributed by atoms with van der Waals surface area (Å²) in [6, 6.07) is 11.8. The first-order chi connectivity index (χ1) is 13.8. The van der Waals surface area contributed by atoms with Crippen molar-refractivity contribution < 1.29 is 17.9 Å². The second-order valence-corrected chi connectivity index (χ2v) is 8.11. The number of rotatable bonds is 6. The summed E-state index contributed by atoms with van der Waals surface area (Å²) in [5, 5.41) is 16.2. The first kappa shape index (κ1) is 20.0. The zero-order chi connectivity index (χ0) is 21.0. The topological polar surface area (TPSA) is 129 Å². The lowest BCUT2D eigenvalue weighted by Crippen LogP contribution is -2.27. The number of hydrogen-bond donors (Lipinski definition) is 1. The van der Waals surface area contributed by atoms with E-state index in [9.17, 15) is 18.5 Å². The van der Waals surface area contributed by atoms with Crippen molar-refractivity contribution >= 4 is 27.3 Å². The molecule has 0 saturated carbocycles. The summed E-state index contributed by atoms with van der Waals surface area (Å²) in [5.41, 5.74) is 1.95. The number of benzene rings is 1. The van der Waals surface area contributed by atoms with Crippen molar-refractivity contribution in [2.75, 3.05) is 24.8 Å². The minimum Gasteiger partial charge on any atom is -0.468 e. The number of sulfone groups is 1. The summed E-state index contributed by atoms with van der Waals surface area (Å²) in [5.74, 6) is 0.00829. The molecule has 0 unspecified atom stereocenters. The molecular weight excluding hydrogens is 394 g/mol. The van der Waals surface area contributed by atoms with Crippen molar-refractivity contribution in [3.8, 4) is 17.3 Å². The molecule has 0 fully saturated rings. The number of anilines is 2. The lowest BCUT2D eigenvalue weighted by Gasteiger charge is -2.23. The quantitative estimate of drug-likeness (QED) is 0.610. The highest BCUT2D eigenvalue weighted by atomic mass is 32.2. The Hall–Kier alpha value is -3.71. The Morgan fingerprint density at radius 3 is 2.62 bits per heavy atom. The fourth-order valence-corrected chi connectivity index (χ4v) is 3.23. The third kappa shape index (κ3) is 4.41. The zero-order valence-corrected chi connectivity index (χ0v) is 16.5. The number of esters is 1. The number of methoxy groups -OCH3 is 1. The fourth-order valence-electron chi connectivity index (χ4n) is 2.67. The second kappa shape index (κ2) is 8.12. The van der Waals surface area contributed by atoms with Gasteiger partial charge in [-0.2, -0.15) is 10.4 Å². The normalized spacial score (nSPS) is 10.9. The number of nitrogens with zero attached hydrogens (tertiary/aromatic N) is 4. The number of ether oxygens (including phenoxy) is 1. The maximum Gasteiger partial charge on any atom is 0.325 e. The molecule has 1 N–H and O–H groups in total. The van der Waals surface area contributed by atoms with Crippen LogP contribution in [0.25, 0.3) is 11.3 Å². The Morgan fingerprint density at radius 1 is 1.28 bits per heavy atom. The van der Waals surface area contributed by atoms with Gasteiger partial charge in [0.05, 0.1) is 35.1 Å². The smallest absolute Gasteiger partial charge is 0.325 e. The van der Waals surface area contributed by atoms with Crippen LogP contribution in [0.2, 0.25) is 0 Å². The molecule has 10 heteroatoms. The number of aromatic amines is 1. The minimum absolute atomic E-state index is 0.111. The molecule has 0 radical (unpaired) electrons. The Kier molecular flexibility index (Phi) is 5.61. The molecule has 0 aliphatic carbocycles. The van der Waals surface area contributed by atoms with Gasteiger partial charge in [-0.25, -0.2) is 8.42 Å². The van der Waals surface area contributed by atoms with E-state index in [1.165, 1.54) is 25.6 Å². The standard InChI is InChI=1S/C19H17N5O4S/c1-28-19(25)12-24(18-7-8-22-23-18)17-9-13(3-4-14(17)10-20)16-6-5-15(11-21-16)29(2,26)27/h3-9,11H,12H2,1-2H3,(H,22,23). The van der Waals surface area contributed by atoms with Crippen molar-refractivity contribution in [3.63, 3.8) is 0 Å². The molecule has 1 aromatic carbocycles. The van der Waals surface area contributed by atoms with Crippen LogP contribution in [0, 0.1) is 11.3 Å². The second-order valence-electron chi connectivity index (χ2n) is 6.10. The zero-order valence-electron chi connectivity index (χ0n) is 15.7. The predicted octanol–water partition coefficient (Wildman–Crippen LogP) is 2.06. The van der Waals surface area contributed by atoms with Gasteiger partial charge < -0.3 is 9.64 Å². The number of pyridine rings is 1. The van der Waals surface area contributed by atoms with E-state index in [1.807, 2.05) is 0 Å². The Labute approximate surface area is 167 Å². The number of nitriles is 1. The Bertz CT molecular complexity index is 1170. The van der Waals surface area contributed by atoms with Crippen LogP contribution in [-0.2, 0) is 19.4 Å². The van der Waals surface area contributed by atoms with Crippen LogP contribution in [0.4, 0.5) is 11.5 Å². The van der Waals surface area contributed by atoms with E-state index in [0.717, 1.165) is 6.26 Å². The van der Waals surface area contributed by atoms with Crippen molar-refractivity contribution in [1.29, 1.82) is 5.26 Å². The third-order valence-corrected chi connectivity index (χ3v) is 5.26. The number of carbonyl (C=O) groups excluding carboxylic acids is 1. The van der Waals surface area contributed by atoms with Crippen molar-refractivity contribution in [2.45, 2.75) is 4.90 Å². The number of H-pyrrole nitrogens is 1. The monoisotopic (exact) mass is 411 g/mol. The van der Waals surface area contributed by atoms with Crippen LogP contribution < -0.4 is 4.90 Å². The van der Waals surface area contributed by atoms with E-state index >= 15 is 0 Å². The largest absolute Gasteiger partial charge is 0.468 e. The summed E-state index contributed by atoms with van der Waals surface area (Å²) in [6.45, 7) is -0.142. The van der Waals surface area contributed by atoms with Gasteiger partial charge in [-0.3, -0.25) is 14.9 Å². The van der Waals surface area contributed by atoms with Crippen molar-refractivity contribution in [3.05, 3.63) is 54.4 Å². The molecule has 0 amide bonds. The molecule has 0 aliphatic heterocycles. The lowest BCUT2D eigenvalue weighted by molar-refractivity contribution is -0.138. The molecule has 0 aliphatic rings. The van der Waals surface area contributed by atoms with Gasteiger partial charge in [0.1, 0.15) is 18.4 Å². The predicted molar refractivity (Wildman–Crippen MR) is 105 cm³/mol. The highest BCUT2D eigenvalue weighted by Gasteiger charge is 2.20. The van der Waals surface area contributed by atoms with E-state index in [4.69, 9.17) is 4.74 Å². The first-order valence-electron chi connectivity index (χ1n) is 8.38. The van der Waals surface area contributed by atoms with Crippen molar-refractivity contribution in [1.82, 2.24) is 15.2 Å². The highest BCUT2D eigenvalue weighted by molar-refractivity contribution is 7.90. The molecular formula is C19H17N5O4S. The van der Waals surface area contributed by atoms with Gasteiger partial charge in [0.15, 0.2) is 9.84 Å². The molecule has 0 atom stereocenters. The Morgan fingerprint density at radius 2 is 2.07 bits per heavy atom. The van der Waals surface area contributed by atoms with Gasteiger partial charge in [0, 0.05) is 24.1 Å². The van der Waals surface area contributed by atoms with Crippen molar-refractivity contribution in [2.24, 2.45) is 0 Å². The summed E-state index contributed by atoms with van der Waals surface area (Å²) >= 11 is 0. The van der Waals surface area contributed by atoms with E-state index in [0.29, 0.717) is 28.3 Å². The van der Waals surface area contributed by atoms with Crippen LogP contribution in [0.5, 0.6) is 0 Å². The number of hydrogen-bond acceptors (Lipinski definition) is 8. The van der Waals surface area contributed by atoms with Gasteiger partial charge in [-0.1, -0.05) is 6.07 Å². The molecule has 3 rings (SSSR count). The lowest BCUT2D eigenvalue weighted by atomic mass is 10.1. The molecule has 3 aromatic rings. The van der Waals surface area contributed by atoms with Gasteiger partial charge >= 0.3 is 5.97 Å². The molecule has 29 heavy (non-hydrogen) atoms. The van der Waals surface area contributed by atoms with E-state index in [2.05, 4.69) is 21.3 Å². The van der Waals surface area contributed by atoms with E-state index in [-0.39, 0.29) is 11.4 Å². The molecule has 148 valence electrons. The number of aromatic nitrogens is 3. The van der Waals surface area contributed by atoms with Crippen LogP contribution >= 0.6 is 0 Å². The average Bonchev–Trinajstić information content (AvgIpc) is 3.25. The average molecular weight is 411 g/mol. The molecule has 2 heterocycles. The molecule has 0 bridgehead atoms. The third-order valence-electron chi connectivity index (χ3n) is 4.16. The summed E-state index contributed by atoms with van der Waals surface area (Å²) in [7, 11) is -2.08. The molecule has 9 nitrogen and oxygen atoms in total. The van der Waals surface area contributed by atoms with Gasteiger partial charge in [0.25, 0.3) is 0 Å². The molecule has 0 saturated heterocycles. The van der Waals surface area contributed by atoms with Gasteiger partial charge in [-0.15, -0.1) is 0 Å². The molecule has 0 spiro atoms. The maximum atomic E-state index is 11.9. The first-order valence-corrected chi connectivity index (χ1v) is 10.3. The maximum absolute atomic E-state index is 11.9. The number of nitrogens with one attached hydrogen (secondary N) is 1. The summed E-state index contributed by atoms with van der Waals surface area (Å²) < 4.78 is 28.0. The SMILES string of the molecule is COC(=O)CN(c1ccn[nH]1)c1cc(-c2ccc(S(C)(=O)=O)cn2)ccc1C#N. The highest BCUT2D eigenvalue weighted by Crippen LogP contribution is 2.31. The van der Waals surface area contributed by atoms with Gasteiger partial charge in [-0.05, 0) is 24.3 Å². The van der Waals surface area contributed by atoms with Crippen LogP contribution in [0.1, 0.15) is 5.56 Å². The van der Waals surface area contributed by atoms with Crippen LogP contribution in [0.3, 0.4) is 0 Å².